The lowest BCUT2D eigenvalue weighted by molar-refractivity contribution is -0.122. The first kappa shape index (κ1) is 22.6. The Kier molecular flexibility index (Phi) is 6.67. The Hall–Kier alpha value is -2.64. The second-order valence-corrected chi connectivity index (χ2v) is 9.96. The van der Waals surface area contributed by atoms with Gasteiger partial charge in [0.25, 0.3) is 5.91 Å². The number of urea groups is 1. The van der Waals surface area contributed by atoms with Crippen LogP contribution in [0.15, 0.2) is 36.4 Å². The lowest BCUT2D eigenvalue weighted by atomic mass is 10.1. The zero-order valence-electron chi connectivity index (χ0n) is 18.0. The van der Waals surface area contributed by atoms with Crippen LogP contribution >= 0.6 is 22.9 Å². The van der Waals surface area contributed by atoms with E-state index in [1.807, 2.05) is 31.2 Å². The van der Waals surface area contributed by atoms with Gasteiger partial charge in [0.15, 0.2) is 5.78 Å². The van der Waals surface area contributed by atoms with Gasteiger partial charge in [0.05, 0.1) is 17.5 Å². The van der Waals surface area contributed by atoms with Gasteiger partial charge in [-0.15, -0.1) is 11.3 Å². The number of Topliss-reactive ketones (excluding diaryl/α,β-unsaturated/α-hetero) is 1. The molecule has 1 aromatic carbocycles. The van der Waals surface area contributed by atoms with Gasteiger partial charge in [-0.3, -0.25) is 9.59 Å². The third-order valence-corrected chi connectivity index (χ3v) is 7.52. The molecule has 32 heavy (non-hydrogen) atoms. The molecular formula is C24H26ClN3O3S. The molecule has 1 fully saturated rings. The Balaban J connectivity index is 1.30. The Bertz CT molecular complexity index is 1090. The van der Waals surface area contributed by atoms with Gasteiger partial charge in [0.2, 0.25) is 0 Å². The summed E-state index contributed by atoms with van der Waals surface area (Å²) in [6.07, 6.45) is 2.78. The van der Waals surface area contributed by atoms with Crippen molar-refractivity contribution in [3.8, 4) is 0 Å². The topological polar surface area (TPSA) is 78.5 Å². The van der Waals surface area contributed by atoms with E-state index in [1.165, 1.54) is 11.3 Å². The zero-order chi connectivity index (χ0) is 22.8. The number of benzene rings is 1. The van der Waals surface area contributed by atoms with Crippen LogP contribution < -0.4 is 10.6 Å². The Labute approximate surface area is 196 Å². The minimum absolute atomic E-state index is 0.0807. The maximum atomic E-state index is 12.9. The molecule has 2 aliphatic rings. The first-order chi connectivity index (χ1) is 15.3. The van der Waals surface area contributed by atoms with E-state index in [-0.39, 0.29) is 23.8 Å². The van der Waals surface area contributed by atoms with E-state index in [0.717, 1.165) is 40.0 Å². The summed E-state index contributed by atoms with van der Waals surface area (Å²) in [5.41, 5.74) is 3.80. The van der Waals surface area contributed by atoms with Crippen LogP contribution in [0.5, 0.6) is 0 Å². The largest absolute Gasteiger partial charge is 0.334 e. The predicted octanol–water partition coefficient (Wildman–Crippen LogP) is 4.73. The van der Waals surface area contributed by atoms with Gasteiger partial charge >= 0.3 is 6.03 Å². The smallest absolute Gasteiger partial charge is 0.315 e. The molecule has 6 nitrogen and oxygen atoms in total. The molecule has 1 aliphatic heterocycles. The van der Waals surface area contributed by atoms with Crippen LogP contribution in [0, 0.1) is 6.92 Å². The molecule has 4 rings (SSSR count). The molecule has 8 heteroatoms. The number of aryl methyl sites for hydroxylation is 1. The molecule has 0 saturated heterocycles. The highest BCUT2D eigenvalue weighted by atomic mass is 35.5. The standard InChI is InChI=1S/C24H26ClN3O3S/c1-14-4-3-5-20(21(29)8-14)28-13-17-10-18(32-22(17)23(28)30)12-27-24(31)26-11-16-7-6-15(2)19(25)9-16/h6-7,9-10,20H,1,3-5,8,11-13H2,2H3,(H2,26,27,31). The second-order valence-electron chi connectivity index (χ2n) is 8.42. The summed E-state index contributed by atoms with van der Waals surface area (Å²) < 4.78 is 0. The number of carbonyl (C=O) groups excluding carboxylic acids is 3. The van der Waals surface area contributed by atoms with Crippen molar-refractivity contribution in [2.24, 2.45) is 0 Å². The number of rotatable bonds is 5. The van der Waals surface area contributed by atoms with E-state index >= 15 is 0 Å². The molecule has 168 valence electrons. The van der Waals surface area contributed by atoms with E-state index in [9.17, 15) is 14.4 Å². The lowest BCUT2D eigenvalue weighted by Crippen LogP contribution is -2.40. The van der Waals surface area contributed by atoms with Crippen LogP contribution in [0.4, 0.5) is 4.79 Å². The van der Waals surface area contributed by atoms with E-state index in [4.69, 9.17) is 11.6 Å². The fourth-order valence-electron chi connectivity index (χ4n) is 4.16. The predicted molar refractivity (Wildman–Crippen MR) is 126 cm³/mol. The average molecular weight is 472 g/mol. The summed E-state index contributed by atoms with van der Waals surface area (Å²) in [6.45, 7) is 7.05. The molecule has 0 spiro atoms. The minimum Gasteiger partial charge on any atom is -0.334 e. The summed E-state index contributed by atoms with van der Waals surface area (Å²) in [5, 5.41) is 6.32. The van der Waals surface area contributed by atoms with Gasteiger partial charge in [-0.2, -0.15) is 0 Å². The summed E-state index contributed by atoms with van der Waals surface area (Å²) in [4.78, 5) is 41.0. The molecule has 0 radical (unpaired) electrons. The van der Waals surface area contributed by atoms with Crippen molar-refractivity contribution in [3.63, 3.8) is 0 Å². The van der Waals surface area contributed by atoms with Gasteiger partial charge < -0.3 is 15.5 Å². The molecule has 1 unspecified atom stereocenters. The number of fused-ring (bicyclic) bond motifs is 1. The summed E-state index contributed by atoms with van der Waals surface area (Å²) in [6, 6.07) is 7.00. The van der Waals surface area contributed by atoms with Crippen molar-refractivity contribution in [3.05, 3.63) is 67.9 Å². The van der Waals surface area contributed by atoms with Crippen molar-refractivity contribution in [1.29, 1.82) is 0 Å². The molecule has 1 aliphatic carbocycles. The molecule has 2 aromatic rings. The van der Waals surface area contributed by atoms with Crippen LogP contribution in [0.25, 0.3) is 0 Å². The van der Waals surface area contributed by atoms with E-state index < -0.39 is 0 Å². The van der Waals surface area contributed by atoms with Crippen molar-refractivity contribution in [2.45, 2.75) is 58.3 Å². The summed E-state index contributed by atoms with van der Waals surface area (Å²) in [5.74, 6) is 0.00671. The van der Waals surface area contributed by atoms with Gasteiger partial charge in [-0.25, -0.2) is 4.79 Å². The number of hydrogen-bond donors (Lipinski definition) is 2. The molecule has 1 aromatic heterocycles. The third kappa shape index (κ3) is 4.89. The number of thiophene rings is 1. The van der Waals surface area contributed by atoms with E-state index in [0.29, 0.717) is 42.4 Å². The third-order valence-electron chi connectivity index (χ3n) is 5.95. The molecular weight excluding hydrogens is 446 g/mol. The fraction of sp³-hybridized carbons (Fsp3) is 0.375. The minimum atomic E-state index is -0.357. The number of ketones is 1. The molecule has 0 bridgehead atoms. The van der Waals surface area contributed by atoms with E-state index in [2.05, 4.69) is 17.2 Å². The molecule has 1 saturated carbocycles. The number of amides is 3. The van der Waals surface area contributed by atoms with Crippen LogP contribution in [0.2, 0.25) is 5.02 Å². The van der Waals surface area contributed by atoms with Crippen LogP contribution in [-0.4, -0.2) is 28.7 Å². The zero-order valence-corrected chi connectivity index (χ0v) is 19.6. The van der Waals surface area contributed by atoms with Crippen molar-refractivity contribution >= 4 is 40.7 Å². The maximum Gasteiger partial charge on any atom is 0.315 e. The maximum absolute atomic E-state index is 12.9. The van der Waals surface area contributed by atoms with Crippen LogP contribution in [0.1, 0.15) is 56.9 Å². The van der Waals surface area contributed by atoms with Crippen LogP contribution in [0.3, 0.4) is 0 Å². The molecule has 2 N–H and O–H groups in total. The Morgan fingerprint density at radius 3 is 2.78 bits per heavy atom. The highest BCUT2D eigenvalue weighted by Gasteiger charge is 2.38. The number of carbonyl (C=O) groups is 3. The number of hydrogen-bond acceptors (Lipinski definition) is 4. The SMILES string of the molecule is C=C1CCCC(N2Cc3cc(CNC(=O)NCc4ccc(C)c(Cl)c4)sc3C2=O)C(=O)C1. The van der Waals surface area contributed by atoms with Crippen molar-refractivity contribution in [1.82, 2.24) is 15.5 Å². The molecule has 1 atom stereocenters. The highest BCUT2D eigenvalue weighted by molar-refractivity contribution is 7.14. The van der Waals surface area contributed by atoms with Gasteiger partial charge in [-0.1, -0.05) is 35.9 Å². The monoisotopic (exact) mass is 471 g/mol. The Morgan fingerprint density at radius 1 is 1.25 bits per heavy atom. The number of allylic oxidation sites excluding steroid dienone is 1. The van der Waals surface area contributed by atoms with E-state index in [1.54, 1.807) is 4.90 Å². The van der Waals surface area contributed by atoms with Crippen LogP contribution in [-0.2, 0) is 24.4 Å². The number of halogens is 1. The first-order valence-electron chi connectivity index (χ1n) is 10.7. The summed E-state index contributed by atoms with van der Waals surface area (Å²) in [7, 11) is 0. The molecule has 3 amide bonds. The molecule has 2 heterocycles. The summed E-state index contributed by atoms with van der Waals surface area (Å²) >= 11 is 7.51. The highest BCUT2D eigenvalue weighted by Crippen LogP contribution is 2.34. The van der Waals surface area contributed by atoms with Gasteiger partial charge in [0, 0.05) is 29.4 Å². The second kappa shape index (κ2) is 9.46. The normalized spacial score (nSPS) is 18.5. The fourth-order valence-corrected chi connectivity index (χ4v) is 5.43. The Morgan fingerprint density at radius 2 is 2.03 bits per heavy atom. The quantitative estimate of drug-likeness (QED) is 0.488. The van der Waals surface area contributed by atoms with Gasteiger partial charge in [0.1, 0.15) is 0 Å². The number of nitrogens with zero attached hydrogens (tertiary/aromatic N) is 1. The first-order valence-corrected chi connectivity index (χ1v) is 11.9. The van der Waals surface area contributed by atoms with Gasteiger partial charge in [-0.05, 0) is 55.0 Å². The lowest BCUT2D eigenvalue weighted by Gasteiger charge is -2.25. The van der Waals surface area contributed by atoms with Crippen molar-refractivity contribution in [2.75, 3.05) is 0 Å². The van der Waals surface area contributed by atoms with Crippen molar-refractivity contribution < 1.29 is 14.4 Å². The number of nitrogens with one attached hydrogen (secondary N) is 2. The average Bonchev–Trinajstić information content (AvgIpc) is 3.23.